The van der Waals surface area contributed by atoms with Gasteiger partial charge in [0.25, 0.3) is 5.91 Å². The molecule has 4 aromatic rings. The van der Waals surface area contributed by atoms with Crippen LogP contribution in [0.2, 0.25) is 5.02 Å². The van der Waals surface area contributed by atoms with Crippen LogP contribution in [0, 0.1) is 0 Å². The number of piperazine rings is 1. The van der Waals surface area contributed by atoms with Crippen molar-refractivity contribution in [3.63, 3.8) is 0 Å². The van der Waals surface area contributed by atoms with Crippen molar-refractivity contribution in [1.29, 1.82) is 0 Å². The lowest BCUT2D eigenvalue weighted by atomic mass is 10.1. The molecule has 2 aliphatic heterocycles. The number of ether oxygens (including phenoxy) is 2. The molecule has 3 aromatic carbocycles. The summed E-state index contributed by atoms with van der Waals surface area (Å²) in [6, 6.07) is 22.7. The van der Waals surface area contributed by atoms with E-state index in [9.17, 15) is 9.59 Å². The van der Waals surface area contributed by atoms with E-state index in [1.165, 1.54) is 0 Å². The summed E-state index contributed by atoms with van der Waals surface area (Å²) in [5.41, 5.74) is 2.31. The number of thioether (sulfide) groups is 1. The predicted molar refractivity (Wildman–Crippen MR) is 161 cm³/mol. The maximum atomic E-state index is 13.2. The third-order valence-electron chi connectivity index (χ3n) is 7.39. The number of benzene rings is 3. The van der Waals surface area contributed by atoms with Gasteiger partial charge in [0.15, 0.2) is 22.5 Å². The highest BCUT2D eigenvalue weighted by Gasteiger charge is 2.31. The van der Waals surface area contributed by atoms with Gasteiger partial charge in [-0.05, 0) is 55.8 Å². The lowest BCUT2D eigenvalue weighted by molar-refractivity contribution is -0.133. The lowest BCUT2D eigenvalue weighted by Gasteiger charge is -2.40. The quantitative estimate of drug-likeness (QED) is 0.192. The van der Waals surface area contributed by atoms with Crippen LogP contribution in [0.5, 0.6) is 11.5 Å². The van der Waals surface area contributed by atoms with E-state index in [2.05, 4.69) is 10.2 Å². The van der Waals surface area contributed by atoms with Crippen molar-refractivity contribution in [3.8, 4) is 28.6 Å². The van der Waals surface area contributed by atoms with Gasteiger partial charge in [-0.1, -0.05) is 53.7 Å². The number of hydrogen-bond donors (Lipinski definition) is 0. The fraction of sp³-hybridized carbons (Fsp3) is 0.290. The van der Waals surface area contributed by atoms with Gasteiger partial charge in [-0.2, -0.15) is 0 Å². The van der Waals surface area contributed by atoms with Crippen molar-refractivity contribution < 1.29 is 19.1 Å². The first-order valence-electron chi connectivity index (χ1n) is 13.9. The number of amides is 2. The molecule has 0 spiro atoms. The molecule has 42 heavy (non-hydrogen) atoms. The standard InChI is InChI=1S/C31H30ClN5O4S/c1-21-19-35(15-16-36(21)30(39)22-13-14-26-27(18-22)41-20-40-26)28(38)12-7-17-42-31-34-33-29(24-10-5-6-11-25(24)32)37(31)23-8-3-2-4-9-23/h2-6,8-11,13-14,18,21H,7,12,15-17,19-20H2,1H3. The average Bonchev–Trinajstić information content (AvgIpc) is 3.66. The van der Waals surface area contributed by atoms with Crippen molar-refractivity contribution in [1.82, 2.24) is 24.6 Å². The molecule has 0 bridgehead atoms. The van der Waals surface area contributed by atoms with Crippen LogP contribution in [0.1, 0.15) is 30.1 Å². The van der Waals surface area contributed by atoms with E-state index in [1.807, 2.05) is 75.9 Å². The van der Waals surface area contributed by atoms with E-state index >= 15 is 0 Å². The second-order valence-electron chi connectivity index (χ2n) is 10.2. The van der Waals surface area contributed by atoms with Gasteiger partial charge in [0.2, 0.25) is 12.7 Å². The summed E-state index contributed by atoms with van der Waals surface area (Å²) < 4.78 is 12.8. The molecule has 2 amide bonds. The zero-order valence-electron chi connectivity index (χ0n) is 23.1. The molecule has 2 aliphatic rings. The Morgan fingerprint density at radius 3 is 2.57 bits per heavy atom. The first-order chi connectivity index (χ1) is 20.5. The van der Waals surface area contributed by atoms with Gasteiger partial charge in [0, 0.05) is 54.7 Å². The molecule has 0 aliphatic carbocycles. The Balaban J connectivity index is 1.04. The predicted octanol–water partition coefficient (Wildman–Crippen LogP) is 5.56. The number of carbonyl (C=O) groups is 2. The van der Waals surface area contributed by atoms with E-state index in [-0.39, 0.29) is 24.6 Å². The third-order valence-corrected chi connectivity index (χ3v) is 8.73. The largest absolute Gasteiger partial charge is 0.454 e. The number of aromatic nitrogens is 3. The minimum absolute atomic E-state index is 0.0667. The fourth-order valence-corrected chi connectivity index (χ4v) is 6.33. The summed E-state index contributed by atoms with van der Waals surface area (Å²) >= 11 is 8.06. The lowest BCUT2D eigenvalue weighted by Crippen LogP contribution is -2.55. The summed E-state index contributed by atoms with van der Waals surface area (Å²) in [5, 5.41) is 10.3. The Labute approximate surface area is 253 Å². The summed E-state index contributed by atoms with van der Waals surface area (Å²) in [4.78, 5) is 29.9. The first-order valence-corrected chi connectivity index (χ1v) is 15.2. The molecule has 216 valence electrons. The van der Waals surface area contributed by atoms with E-state index in [4.69, 9.17) is 21.1 Å². The molecular formula is C31H30ClN5O4S. The number of carbonyl (C=O) groups excluding carboxylic acids is 2. The summed E-state index contributed by atoms with van der Waals surface area (Å²) in [6.45, 7) is 3.65. The number of para-hydroxylation sites is 1. The molecule has 9 nitrogen and oxygen atoms in total. The number of rotatable bonds is 8. The summed E-state index contributed by atoms with van der Waals surface area (Å²) in [6.07, 6.45) is 1.12. The van der Waals surface area contributed by atoms with E-state index < -0.39 is 0 Å². The van der Waals surface area contributed by atoms with Gasteiger partial charge in [-0.25, -0.2) is 0 Å². The van der Waals surface area contributed by atoms with E-state index in [0.717, 1.165) is 16.4 Å². The number of hydrogen-bond acceptors (Lipinski definition) is 7. The van der Waals surface area contributed by atoms with Crippen LogP contribution in [0.25, 0.3) is 17.1 Å². The Bertz CT molecular complexity index is 1600. The normalized spacial score (nSPS) is 16.1. The van der Waals surface area contributed by atoms with Crippen LogP contribution in [0.3, 0.4) is 0 Å². The Hall–Kier alpha value is -4.02. The molecular weight excluding hydrogens is 574 g/mol. The van der Waals surface area contributed by atoms with Crippen LogP contribution in [0.15, 0.2) is 78.0 Å². The minimum Gasteiger partial charge on any atom is -0.454 e. The number of halogens is 1. The minimum atomic E-state index is -0.0948. The molecule has 0 radical (unpaired) electrons. The molecule has 11 heteroatoms. The molecule has 0 saturated carbocycles. The molecule has 1 saturated heterocycles. The van der Waals surface area contributed by atoms with Crippen molar-refractivity contribution in [2.45, 2.75) is 31.0 Å². The van der Waals surface area contributed by atoms with E-state index in [0.29, 0.717) is 66.1 Å². The zero-order chi connectivity index (χ0) is 29.1. The second kappa shape index (κ2) is 12.5. The monoisotopic (exact) mass is 603 g/mol. The van der Waals surface area contributed by atoms with Crippen molar-refractivity contribution in [2.75, 3.05) is 32.2 Å². The van der Waals surface area contributed by atoms with Gasteiger partial charge in [0.05, 0.1) is 5.02 Å². The van der Waals surface area contributed by atoms with Crippen LogP contribution in [0.4, 0.5) is 0 Å². The smallest absolute Gasteiger partial charge is 0.254 e. The molecule has 6 rings (SSSR count). The van der Waals surface area contributed by atoms with Crippen LogP contribution >= 0.6 is 23.4 Å². The maximum Gasteiger partial charge on any atom is 0.254 e. The number of fused-ring (bicyclic) bond motifs is 1. The Morgan fingerprint density at radius 1 is 0.976 bits per heavy atom. The van der Waals surface area contributed by atoms with Crippen LogP contribution in [-0.4, -0.2) is 74.6 Å². The maximum absolute atomic E-state index is 13.2. The molecule has 1 atom stereocenters. The van der Waals surface area contributed by atoms with Crippen LogP contribution in [-0.2, 0) is 4.79 Å². The molecule has 1 fully saturated rings. The van der Waals surface area contributed by atoms with Crippen molar-refractivity contribution in [2.24, 2.45) is 0 Å². The Kier molecular flexibility index (Phi) is 8.34. The fourth-order valence-electron chi connectivity index (χ4n) is 5.22. The third kappa shape index (κ3) is 5.82. The summed E-state index contributed by atoms with van der Waals surface area (Å²) in [5.74, 6) is 2.64. The topological polar surface area (TPSA) is 89.8 Å². The highest BCUT2D eigenvalue weighted by molar-refractivity contribution is 7.99. The van der Waals surface area contributed by atoms with Gasteiger partial charge < -0.3 is 19.3 Å². The summed E-state index contributed by atoms with van der Waals surface area (Å²) in [7, 11) is 0. The number of nitrogens with zero attached hydrogens (tertiary/aromatic N) is 5. The molecule has 0 N–H and O–H groups in total. The molecule has 1 unspecified atom stereocenters. The molecule has 3 heterocycles. The molecule has 1 aromatic heterocycles. The highest BCUT2D eigenvalue weighted by atomic mass is 35.5. The first kappa shape index (κ1) is 28.1. The van der Waals surface area contributed by atoms with Crippen molar-refractivity contribution in [3.05, 3.63) is 83.4 Å². The van der Waals surface area contributed by atoms with Gasteiger partial charge >= 0.3 is 0 Å². The van der Waals surface area contributed by atoms with Gasteiger partial charge in [-0.3, -0.25) is 14.2 Å². The van der Waals surface area contributed by atoms with Crippen molar-refractivity contribution >= 4 is 35.2 Å². The van der Waals surface area contributed by atoms with Crippen LogP contribution < -0.4 is 9.47 Å². The highest BCUT2D eigenvalue weighted by Crippen LogP contribution is 2.34. The Morgan fingerprint density at radius 2 is 1.76 bits per heavy atom. The van der Waals surface area contributed by atoms with E-state index in [1.54, 1.807) is 30.0 Å². The second-order valence-corrected chi connectivity index (χ2v) is 11.6. The van der Waals surface area contributed by atoms with Gasteiger partial charge in [0.1, 0.15) is 0 Å². The average molecular weight is 604 g/mol. The zero-order valence-corrected chi connectivity index (χ0v) is 24.7. The SMILES string of the molecule is CC1CN(C(=O)CCCSc2nnc(-c3ccccc3Cl)n2-c2ccccc2)CCN1C(=O)c1ccc2c(c1)OCO2. The van der Waals surface area contributed by atoms with Gasteiger partial charge in [-0.15, -0.1) is 10.2 Å².